The molecule has 18 heavy (non-hydrogen) atoms. The van der Waals surface area contributed by atoms with E-state index in [9.17, 15) is 9.59 Å². The van der Waals surface area contributed by atoms with Crippen LogP contribution in [0.4, 0.5) is 0 Å². The molecule has 8 heteroatoms. The average molecular weight is 307 g/mol. The normalized spacial score (nSPS) is 10.7. The number of H-pyrrole nitrogens is 1. The van der Waals surface area contributed by atoms with Crippen LogP contribution in [0.1, 0.15) is 12.1 Å². The number of aliphatic carboxylic acids is 1. The molecule has 1 rings (SSSR count). The summed E-state index contributed by atoms with van der Waals surface area (Å²) in [5, 5.41) is 11.3. The summed E-state index contributed by atoms with van der Waals surface area (Å²) < 4.78 is 0. The van der Waals surface area contributed by atoms with Gasteiger partial charge in [-0.2, -0.15) is 0 Å². The molecular weight excluding hydrogens is 290 g/mol. The second-order valence-corrected chi connectivity index (χ2v) is 3.28. The van der Waals surface area contributed by atoms with E-state index in [1.165, 1.54) is 12.5 Å². The number of carboxylic acid groups (broad SMARTS) is 1. The zero-order chi connectivity index (χ0) is 12.0. The molecule has 0 radical (unpaired) electrons. The maximum absolute atomic E-state index is 11.2. The van der Waals surface area contributed by atoms with Crippen LogP contribution >= 0.6 is 0 Å². The fourth-order valence-corrected chi connectivity index (χ4v) is 1.21. The van der Waals surface area contributed by atoms with Crippen LogP contribution in [0.3, 0.4) is 0 Å². The van der Waals surface area contributed by atoms with E-state index in [0.717, 1.165) is 0 Å². The number of carbonyl (C=O) groups excluding carboxylic acids is 1. The van der Waals surface area contributed by atoms with Crippen LogP contribution < -0.4 is 11.1 Å². The topological polar surface area (TPSA) is 121 Å². The predicted molar refractivity (Wildman–Crippen MR) is 61.9 cm³/mol. The molecule has 1 atom stereocenters. The van der Waals surface area contributed by atoms with E-state index < -0.39 is 12.0 Å². The van der Waals surface area contributed by atoms with Crippen molar-refractivity contribution in [3.8, 4) is 0 Å². The zero-order valence-electron chi connectivity index (χ0n) is 10.3. The van der Waals surface area contributed by atoms with E-state index in [2.05, 4.69) is 15.3 Å². The smallest absolute Gasteiger partial charge is 0.326 e. The first-order valence-electron chi connectivity index (χ1n) is 4.83. The number of hydrogen-bond acceptors (Lipinski definition) is 4. The molecule has 98 valence electrons. The minimum atomic E-state index is -1.08. The van der Waals surface area contributed by atoms with Gasteiger partial charge in [0.25, 0.3) is 0 Å². The van der Waals surface area contributed by atoms with Crippen molar-refractivity contribution in [2.75, 3.05) is 6.54 Å². The molecule has 0 bridgehead atoms. The maximum atomic E-state index is 11.2. The fraction of sp³-hybridized carbons (Fsp3) is 0.400. The number of hydrogen-bond donors (Lipinski definition) is 4. The Kier molecular flexibility index (Phi) is 10.3. The molecule has 1 aromatic rings. The molecule has 0 aliphatic carbocycles. The second-order valence-electron chi connectivity index (χ2n) is 3.28. The van der Waals surface area contributed by atoms with Crippen molar-refractivity contribution in [1.82, 2.24) is 15.3 Å². The Bertz CT molecular complexity index is 356. The number of imidazole rings is 1. The van der Waals surface area contributed by atoms with Crippen molar-refractivity contribution in [2.24, 2.45) is 5.73 Å². The third-order valence-electron chi connectivity index (χ3n) is 1.98. The predicted octanol–water partition coefficient (Wildman–Crippen LogP) is -0.682. The third kappa shape index (κ3) is 6.46. The van der Waals surface area contributed by atoms with E-state index in [1.807, 2.05) is 0 Å². The van der Waals surface area contributed by atoms with Gasteiger partial charge in [-0.1, -0.05) is 0 Å². The maximum Gasteiger partial charge on any atom is 0.326 e. The minimum Gasteiger partial charge on any atom is -0.480 e. The molecule has 0 spiro atoms. The number of nitrogens with one attached hydrogen (secondary N) is 2. The Morgan fingerprint density at radius 3 is 2.67 bits per heavy atom. The number of nitrogens with two attached hydrogens (primary N) is 1. The summed E-state index contributed by atoms with van der Waals surface area (Å²) in [6, 6.07) is -0.959. The number of rotatable bonds is 6. The van der Waals surface area contributed by atoms with E-state index >= 15 is 0 Å². The standard InChI is InChI=1S/C9H14N4O3.CH3.Zn/c10-2-1-8(14)13-7(9(15)16)3-6-4-11-5-12-6;;/h4-5,7H,1-3,10H2,(H,11,12)(H,13,14)(H,15,16);1H3;/q;-1;. The first kappa shape index (κ1) is 19.1. The van der Waals surface area contributed by atoms with Gasteiger partial charge in [-0.05, 0) is 0 Å². The number of amides is 1. The Morgan fingerprint density at radius 2 is 2.22 bits per heavy atom. The summed E-state index contributed by atoms with van der Waals surface area (Å²) >= 11 is 0. The van der Waals surface area contributed by atoms with Crippen molar-refractivity contribution in [1.29, 1.82) is 0 Å². The van der Waals surface area contributed by atoms with E-state index in [4.69, 9.17) is 10.8 Å². The number of aromatic amines is 1. The third-order valence-corrected chi connectivity index (χ3v) is 1.98. The fourth-order valence-electron chi connectivity index (χ4n) is 1.21. The molecule has 0 aliphatic rings. The quantitative estimate of drug-likeness (QED) is 0.410. The summed E-state index contributed by atoms with van der Waals surface area (Å²) in [4.78, 5) is 28.6. The first-order chi connectivity index (χ1) is 7.63. The zero-order valence-corrected chi connectivity index (χ0v) is 13.3. The number of carbonyl (C=O) groups is 2. The van der Waals surface area contributed by atoms with Gasteiger partial charge in [-0.15, -0.1) is 0 Å². The summed E-state index contributed by atoms with van der Waals surface area (Å²) in [6.45, 7) is 0.197. The monoisotopic (exact) mass is 305 g/mol. The van der Waals surface area contributed by atoms with Crippen LogP contribution in [-0.2, 0) is 35.5 Å². The van der Waals surface area contributed by atoms with E-state index in [-0.39, 0.29) is 52.2 Å². The summed E-state index contributed by atoms with van der Waals surface area (Å²) in [5.41, 5.74) is 5.85. The van der Waals surface area contributed by atoms with Gasteiger partial charge in [-0.3, -0.25) is 4.79 Å². The van der Waals surface area contributed by atoms with Crippen LogP contribution in [0, 0.1) is 7.43 Å². The van der Waals surface area contributed by atoms with Crippen LogP contribution in [0.25, 0.3) is 0 Å². The van der Waals surface area contributed by atoms with E-state index in [0.29, 0.717) is 5.69 Å². The van der Waals surface area contributed by atoms with Crippen molar-refractivity contribution >= 4 is 11.9 Å². The largest absolute Gasteiger partial charge is 0.480 e. The van der Waals surface area contributed by atoms with Crippen LogP contribution in [0.15, 0.2) is 12.5 Å². The molecule has 7 nitrogen and oxygen atoms in total. The number of aromatic nitrogens is 2. The van der Waals surface area contributed by atoms with Gasteiger partial charge < -0.3 is 28.6 Å². The number of carboxylic acids is 1. The minimum absolute atomic E-state index is 0. The molecule has 1 heterocycles. The van der Waals surface area contributed by atoms with Gasteiger partial charge in [0.2, 0.25) is 5.91 Å². The van der Waals surface area contributed by atoms with Crippen LogP contribution in [0.5, 0.6) is 0 Å². The summed E-state index contributed by atoms with van der Waals surface area (Å²) in [5.74, 6) is -1.45. The molecule has 0 fully saturated rings. The van der Waals surface area contributed by atoms with Crippen molar-refractivity contribution in [3.63, 3.8) is 0 Å². The second kappa shape index (κ2) is 9.73. The first-order valence-corrected chi connectivity index (χ1v) is 4.83. The average Bonchev–Trinajstić information content (AvgIpc) is 2.69. The Morgan fingerprint density at radius 1 is 1.56 bits per heavy atom. The molecule has 1 amide bonds. The number of nitrogens with zero attached hydrogens (tertiary/aromatic N) is 1. The molecular formula is C10H17N4O3Zn-. The molecule has 1 unspecified atom stereocenters. The Hall–Kier alpha value is -1.27. The van der Waals surface area contributed by atoms with Crippen LogP contribution in [0.2, 0.25) is 0 Å². The molecule has 1 aromatic heterocycles. The molecule has 5 N–H and O–H groups in total. The Balaban J connectivity index is 0. The van der Waals surface area contributed by atoms with Gasteiger partial charge in [-0.25, -0.2) is 9.78 Å². The molecule has 0 aromatic carbocycles. The summed E-state index contributed by atoms with van der Waals surface area (Å²) in [6.07, 6.45) is 3.26. The van der Waals surface area contributed by atoms with Gasteiger partial charge in [0, 0.05) is 50.8 Å². The molecule has 0 saturated carbocycles. The van der Waals surface area contributed by atoms with Crippen LogP contribution in [-0.4, -0.2) is 39.5 Å². The molecule has 0 saturated heterocycles. The summed E-state index contributed by atoms with van der Waals surface area (Å²) in [7, 11) is 0. The van der Waals surface area contributed by atoms with Crippen molar-refractivity contribution < 1.29 is 34.2 Å². The van der Waals surface area contributed by atoms with E-state index in [1.54, 1.807) is 0 Å². The van der Waals surface area contributed by atoms with Crippen molar-refractivity contribution in [3.05, 3.63) is 25.6 Å². The van der Waals surface area contributed by atoms with Gasteiger partial charge in [0.1, 0.15) is 6.04 Å². The van der Waals surface area contributed by atoms with Gasteiger partial charge in [0.05, 0.1) is 6.33 Å². The van der Waals surface area contributed by atoms with Gasteiger partial charge in [0.15, 0.2) is 0 Å². The Labute approximate surface area is 118 Å². The molecule has 0 aliphatic heterocycles. The van der Waals surface area contributed by atoms with Gasteiger partial charge >= 0.3 is 5.97 Å². The SMILES string of the molecule is NCCC(=O)NC(Cc1cnc[nH]1)C(=O)O.[CH3-].[Zn]. The van der Waals surface area contributed by atoms with Crippen molar-refractivity contribution in [2.45, 2.75) is 18.9 Å².